The van der Waals surface area contributed by atoms with E-state index < -0.39 is 0 Å². The zero-order chi connectivity index (χ0) is 11.9. The van der Waals surface area contributed by atoms with Gasteiger partial charge in [0.15, 0.2) is 0 Å². The smallest absolute Gasteiger partial charge is 0.0853 e. The van der Waals surface area contributed by atoms with Crippen molar-refractivity contribution in [3.8, 4) is 0 Å². The molecule has 0 aromatic rings. The number of methoxy groups -OCH3 is 1. The Kier molecular flexibility index (Phi) is 6.32. The fourth-order valence-electron chi connectivity index (χ4n) is 2.76. The molecule has 1 aliphatic rings. The first-order valence-corrected chi connectivity index (χ1v) is 6.59. The summed E-state index contributed by atoms with van der Waals surface area (Å²) in [7, 11) is 3.86. The van der Waals surface area contributed by atoms with Crippen LogP contribution in [0.5, 0.6) is 0 Å². The summed E-state index contributed by atoms with van der Waals surface area (Å²) in [4.78, 5) is 0. The largest absolute Gasteiger partial charge is 0.380 e. The summed E-state index contributed by atoms with van der Waals surface area (Å²) in [5, 5.41) is 3.38. The van der Waals surface area contributed by atoms with Crippen LogP contribution in [-0.2, 0) is 9.47 Å². The quantitative estimate of drug-likeness (QED) is 0.709. The SMILES string of the molecule is CCOCC(NC)C1(OC)CCCCCC1. The predicted molar refractivity (Wildman–Crippen MR) is 66.8 cm³/mol. The lowest BCUT2D eigenvalue weighted by atomic mass is 9.86. The van der Waals surface area contributed by atoms with E-state index in [9.17, 15) is 0 Å². The van der Waals surface area contributed by atoms with Gasteiger partial charge in [0.05, 0.1) is 18.2 Å². The fourth-order valence-corrected chi connectivity index (χ4v) is 2.76. The molecule has 0 amide bonds. The molecule has 1 atom stereocenters. The van der Waals surface area contributed by atoms with Gasteiger partial charge in [0.2, 0.25) is 0 Å². The number of nitrogens with one attached hydrogen (secondary N) is 1. The third-order valence-electron chi connectivity index (χ3n) is 3.83. The molecule has 1 aliphatic carbocycles. The second-order valence-corrected chi connectivity index (χ2v) is 4.68. The van der Waals surface area contributed by atoms with Gasteiger partial charge in [0.1, 0.15) is 0 Å². The second-order valence-electron chi connectivity index (χ2n) is 4.68. The maximum atomic E-state index is 5.87. The number of hydrogen-bond donors (Lipinski definition) is 1. The highest BCUT2D eigenvalue weighted by atomic mass is 16.5. The van der Waals surface area contributed by atoms with Gasteiger partial charge in [-0.2, -0.15) is 0 Å². The van der Waals surface area contributed by atoms with Crippen molar-refractivity contribution in [1.29, 1.82) is 0 Å². The fraction of sp³-hybridized carbons (Fsp3) is 1.00. The minimum Gasteiger partial charge on any atom is -0.380 e. The van der Waals surface area contributed by atoms with Crippen LogP contribution in [0.3, 0.4) is 0 Å². The van der Waals surface area contributed by atoms with Gasteiger partial charge in [0.25, 0.3) is 0 Å². The summed E-state index contributed by atoms with van der Waals surface area (Å²) in [6, 6.07) is 0.315. The lowest BCUT2D eigenvalue weighted by molar-refractivity contribution is -0.0712. The van der Waals surface area contributed by atoms with Gasteiger partial charge >= 0.3 is 0 Å². The summed E-state index contributed by atoms with van der Waals surface area (Å²) >= 11 is 0. The molecule has 0 heterocycles. The van der Waals surface area contributed by atoms with Crippen LogP contribution in [0.15, 0.2) is 0 Å². The Morgan fingerprint density at radius 1 is 1.19 bits per heavy atom. The summed E-state index contributed by atoms with van der Waals surface area (Å²) in [5.74, 6) is 0. The van der Waals surface area contributed by atoms with Crippen molar-refractivity contribution in [3.63, 3.8) is 0 Å². The van der Waals surface area contributed by atoms with E-state index in [2.05, 4.69) is 5.32 Å². The Morgan fingerprint density at radius 2 is 1.81 bits per heavy atom. The highest BCUT2D eigenvalue weighted by molar-refractivity contribution is 4.93. The van der Waals surface area contributed by atoms with E-state index in [0.717, 1.165) is 26.1 Å². The Morgan fingerprint density at radius 3 is 2.25 bits per heavy atom. The molecule has 0 spiro atoms. The summed E-state index contributed by atoms with van der Waals surface area (Å²) < 4.78 is 11.4. The van der Waals surface area contributed by atoms with Gasteiger partial charge in [-0.25, -0.2) is 0 Å². The molecule has 1 fully saturated rings. The Hall–Kier alpha value is -0.120. The molecule has 1 N–H and O–H groups in total. The molecule has 1 unspecified atom stereocenters. The van der Waals surface area contributed by atoms with Crippen LogP contribution < -0.4 is 5.32 Å². The first-order chi connectivity index (χ1) is 7.79. The number of hydrogen-bond acceptors (Lipinski definition) is 3. The molecule has 0 aromatic heterocycles. The van der Waals surface area contributed by atoms with Crippen LogP contribution in [0.1, 0.15) is 45.4 Å². The van der Waals surface area contributed by atoms with Crippen molar-refractivity contribution in [1.82, 2.24) is 5.32 Å². The average Bonchev–Trinajstić information content (AvgIpc) is 2.56. The molecular formula is C13H27NO2. The van der Waals surface area contributed by atoms with Gasteiger partial charge < -0.3 is 14.8 Å². The number of ether oxygens (including phenoxy) is 2. The molecular weight excluding hydrogens is 202 g/mol. The van der Waals surface area contributed by atoms with Crippen LogP contribution in [0, 0.1) is 0 Å². The van der Waals surface area contributed by atoms with Gasteiger partial charge in [-0.05, 0) is 26.8 Å². The zero-order valence-electron chi connectivity index (χ0n) is 11.1. The van der Waals surface area contributed by atoms with Gasteiger partial charge in [0, 0.05) is 13.7 Å². The van der Waals surface area contributed by atoms with Crippen molar-refractivity contribution < 1.29 is 9.47 Å². The van der Waals surface area contributed by atoms with Crippen LogP contribution in [0.2, 0.25) is 0 Å². The van der Waals surface area contributed by atoms with E-state index in [4.69, 9.17) is 9.47 Å². The minimum atomic E-state index is -0.0135. The molecule has 1 saturated carbocycles. The lowest BCUT2D eigenvalue weighted by Crippen LogP contribution is -2.53. The Bertz CT molecular complexity index is 177. The van der Waals surface area contributed by atoms with Crippen molar-refractivity contribution in [2.75, 3.05) is 27.4 Å². The molecule has 0 bridgehead atoms. The average molecular weight is 229 g/mol. The third kappa shape index (κ3) is 3.44. The van der Waals surface area contributed by atoms with Crippen LogP contribution >= 0.6 is 0 Å². The summed E-state index contributed by atoms with van der Waals surface area (Å²) in [6.45, 7) is 3.57. The van der Waals surface area contributed by atoms with Crippen LogP contribution in [0.25, 0.3) is 0 Å². The van der Waals surface area contributed by atoms with Crippen molar-refractivity contribution >= 4 is 0 Å². The van der Waals surface area contributed by atoms with Gasteiger partial charge in [-0.15, -0.1) is 0 Å². The van der Waals surface area contributed by atoms with Crippen LogP contribution in [-0.4, -0.2) is 39.0 Å². The van der Waals surface area contributed by atoms with Crippen molar-refractivity contribution in [3.05, 3.63) is 0 Å². The molecule has 3 nitrogen and oxygen atoms in total. The monoisotopic (exact) mass is 229 g/mol. The highest BCUT2D eigenvalue weighted by Gasteiger charge is 2.38. The Labute approximate surface area is 99.9 Å². The minimum absolute atomic E-state index is 0.0135. The molecule has 1 rings (SSSR count). The lowest BCUT2D eigenvalue weighted by Gasteiger charge is -2.39. The maximum absolute atomic E-state index is 5.87. The van der Waals surface area contributed by atoms with E-state index >= 15 is 0 Å². The van der Waals surface area contributed by atoms with E-state index in [1.165, 1.54) is 25.7 Å². The first-order valence-electron chi connectivity index (χ1n) is 6.59. The zero-order valence-corrected chi connectivity index (χ0v) is 11.1. The predicted octanol–water partition coefficient (Wildman–Crippen LogP) is 2.35. The number of rotatable bonds is 6. The van der Waals surface area contributed by atoms with E-state index in [1.54, 1.807) is 0 Å². The molecule has 0 radical (unpaired) electrons. The molecule has 96 valence electrons. The summed E-state index contributed by atoms with van der Waals surface area (Å²) in [5.41, 5.74) is -0.0135. The molecule has 16 heavy (non-hydrogen) atoms. The normalized spacial score (nSPS) is 22.7. The van der Waals surface area contributed by atoms with Gasteiger partial charge in [-0.1, -0.05) is 25.7 Å². The number of likely N-dealkylation sites (N-methyl/N-ethyl adjacent to an activating group) is 1. The third-order valence-corrected chi connectivity index (χ3v) is 3.83. The first kappa shape index (κ1) is 13.9. The van der Waals surface area contributed by atoms with E-state index in [-0.39, 0.29) is 5.60 Å². The second kappa shape index (κ2) is 7.25. The standard InChI is InChI=1S/C13H27NO2/c1-4-16-11-12(14-2)13(15-3)9-7-5-6-8-10-13/h12,14H,4-11H2,1-3H3. The molecule has 0 aromatic carbocycles. The summed E-state index contributed by atoms with van der Waals surface area (Å²) in [6.07, 6.45) is 7.55. The van der Waals surface area contributed by atoms with E-state index in [1.807, 2.05) is 21.1 Å². The topological polar surface area (TPSA) is 30.5 Å². The maximum Gasteiger partial charge on any atom is 0.0853 e. The van der Waals surface area contributed by atoms with Crippen LogP contribution in [0.4, 0.5) is 0 Å². The molecule has 0 saturated heterocycles. The van der Waals surface area contributed by atoms with Crippen molar-refractivity contribution in [2.24, 2.45) is 0 Å². The molecule has 3 heteroatoms. The van der Waals surface area contributed by atoms with Gasteiger partial charge in [-0.3, -0.25) is 0 Å². The highest BCUT2D eigenvalue weighted by Crippen LogP contribution is 2.33. The van der Waals surface area contributed by atoms with Crippen molar-refractivity contribution in [2.45, 2.75) is 57.1 Å². The molecule has 0 aliphatic heterocycles. The Balaban J connectivity index is 2.65. The van der Waals surface area contributed by atoms with E-state index in [0.29, 0.717) is 6.04 Å².